The van der Waals surface area contributed by atoms with Gasteiger partial charge in [0.2, 0.25) is 0 Å². The minimum absolute atomic E-state index is 0.260. The quantitative estimate of drug-likeness (QED) is 0.601. The summed E-state index contributed by atoms with van der Waals surface area (Å²) in [6.07, 6.45) is 0. The molecule has 0 aliphatic rings. The van der Waals surface area contributed by atoms with Crippen LogP contribution in [-0.4, -0.2) is 5.11 Å². The molecule has 0 unspecified atom stereocenters. The lowest BCUT2D eigenvalue weighted by atomic mass is 10.0. The van der Waals surface area contributed by atoms with Crippen LogP contribution in [0.5, 0.6) is 5.75 Å². The van der Waals surface area contributed by atoms with Crippen LogP contribution in [-0.2, 0) is 0 Å². The summed E-state index contributed by atoms with van der Waals surface area (Å²) in [5, 5.41) is 11.5. The predicted molar refractivity (Wildman–Crippen MR) is 54.8 cm³/mol. The van der Waals surface area contributed by atoms with Crippen molar-refractivity contribution in [2.75, 3.05) is 5.73 Å². The Morgan fingerprint density at radius 3 is 2.69 bits per heavy atom. The Morgan fingerprint density at radius 1 is 1.23 bits per heavy atom. The molecular weight excluding hydrogens is 162 g/mol. The summed E-state index contributed by atoms with van der Waals surface area (Å²) >= 11 is 0. The van der Waals surface area contributed by atoms with Gasteiger partial charge in [-0.05, 0) is 18.4 Å². The van der Waals surface area contributed by atoms with Crippen LogP contribution in [0.4, 0.5) is 5.69 Å². The second-order valence-corrected chi connectivity index (χ2v) is 3.16. The molecular formula is C11H11NO. The van der Waals surface area contributed by atoms with Crippen LogP contribution in [0.25, 0.3) is 10.8 Å². The van der Waals surface area contributed by atoms with Crippen LogP contribution in [0.2, 0.25) is 0 Å². The van der Waals surface area contributed by atoms with E-state index in [4.69, 9.17) is 5.73 Å². The van der Waals surface area contributed by atoms with Gasteiger partial charge in [0, 0.05) is 16.6 Å². The lowest BCUT2D eigenvalue weighted by Crippen LogP contribution is -1.91. The fraction of sp³-hybridized carbons (Fsp3) is 0.0909. The standard InChI is InChI=1S/C11H11NO/c1-7-10(13)6-8-4-2-3-5-9(8)11(7)12/h2-6,13H,12H2,1H3. The van der Waals surface area contributed by atoms with Crippen molar-refractivity contribution in [3.05, 3.63) is 35.9 Å². The van der Waals surface area contributed by atoms with Gasteiger partial charge in [0.25, 0.3) is 0 Å². The average molecular weight is 173 g/mol. The van der Waals surface area contributed by atoms with Crippen LogP contribution in [0.3, 0.4) is 0 Å². The van der Waals surface area contributed by atoms with Crippen LogP contribution in [0, 0.1) is 6.92 Å². The van der Waals surface area contributed by atoms with Gasteiger partial charge < -0.3 is 10.8 Å². The lowest BCUT2D eigenvalue weighted by Gasteiger charge is -2.07. The Bertz CT molecular complexity index is 463. The molecule has 2 nitrogen and oxygen atoms in total. The van der Waals surface area contributed by atoms with E-state index in [-0.39, 0.29) is 5.75 Å². The van der Waals surface area contributed by atoms with E-state index in [0.29, 0.717) is 5.69 Å². The summed E-state index contributed by atoms with van der Waals surface area (Å²) in [6.45, 7) is 1.82. The molecule has 0 aliphatic carbocycles. The van der Waals surface area contributed by atoms with E-state index >= 15 is 0 Å². The summed E-state index contributed by atoms with van der Waals surface area (Å²) < 4.78 is 0. The van der Waals surface area contributed by atoms with E-state index in [1.807, 2.05) is 31.2 Å². The Labute approximate surface area is 76.6 Å². The molecule has 0 aliphatic heterocycles. The van der Waals surface area contributed by atoms with Crippen molar-refractivity contribution >= 4 is 16.5 Å². The van der Waals surface area contributed by atoms with E-state index in [9.17, 15) is 5.11 Å². The summed E-state index contributed by atoms with van der Waals surface area (Å²) in [6, 6.07) is 9.49. The molecule has 0 amide bonds. The Balaban J connectivity index is 2.94. The van der Waals surface area contributed by atoms with E-state index in [1.165, 1.54) is 0 Å². The highest BCUT2D eigenvalue weighted by Crippen LogP contribution is 2.31. The molecule has 0 bridgehead atoms. The number of phenols is 1. The minimum Gasteiger partial charge on any atom is -0.508 e. The summed E-state index contributed by atoms with van der Waals surface area (Å²) in [4.78, 5) is 0. The van der Waals surface area contributed by atoms with Crippen LogP contribution >= 0.6 is 0 Å². The van der Waals surface area contributed by atoms with Gasteiger partial charge in [-0.15, -0.1) is 0 Å². The molecule has 3 N–H and O–H groups in total. The molecule has 0 atom stereocenters. The van der Waals surface area contributed by atoms with Crippen LogP contribution in [0.15, 0.2) is 30.3 Å². The maximum absolute atomic E-state index is 9.52. The average Bonchev–Trinajstić information content (AvgIpc) is 2.15. The van der Waals surface area contributed by atoms with Crippen molar-refractivity contribution in [2.24, 2.45) is 0 Å². The topological polar surface area (TPSA) is 46.2 Å². The fourth-order valence-electron chi connectivity index (χ4n) is 1.46. The number of nitrogen functional groups attached to an aromatic ring is 1. The molecule has 0 fully saturated rings. The molecule has 0 heterocycles. The first-order valence-electron chi connectivity index (χ1n) is 4.17. The van der Waals surface area contributed by atoms with Crippen molar-refractivity contribution in [3.63, 3.8) is 0 Å². The molecule has 2 aromatic rings. The van der Waals surface area contributed by atoms with Crippen LogP contribution < -0.4 is 5.73 Å². The molecule has 13 heavy (non-hydrogen) atoms. The predicted octanol–water partition coefficient (Wildman–Crippen LogP) is 2.44. The number of hydrogen-bond acceptors (Lipinski definition) is 2. The van der Waals surface area contributed by atoms with Gasteiger partial charge in [-0.25, -0.2) is 0 Å². The van der Waals surface area contributed by atoms with Gasteiger partial charge in [0.1, 0.15) is 5.75 Å². The number of phenolic OH excluding ortho intramolecular Hbond substituents is 1. The number of benzene rings is 2. The van der Waals surface area contributed by atoms with Crippen molar-refractivity contribution in [2.45, 2.75) is 6.92 Å². The third kappa shape index (κ3) is 1.11. The van der Waals surface area contributed by atoms with E-state index < -0.39 is 0 Å². The normalized spacial score (nSPS) is 10.5. The minimum atomic E-state index is 0.260. The highest BCUT2D eigenvalue weighted by molar-refractivity contribution is 5.95. The first-order valence-corrected chi connectivity index (χ1v) is 4.17. The first kappa shape index (κ1) is 7.92. The molecule has 0 radical (unpaired) electrons. The zero-order chi connectivity index (χ0) is 9.42. The largest absolute Gasteiger partial charge is 0.508 e. The number of rotatable bonds is 0. The summed E-state index contributed by atoms with van der Waals surface area (Å²) in [7, 11) is 0. The summed E-state index contributed by atoms with van der Waals surface area (Å²) in [5.74, 6) is 0.260. The van der Waals surface area contributed by atoms with Crippen LogP contribution in [0.1, 0.15) is 5.56 Å². The smallest absolute Gasteiger partial charge is 0.121 e. The molecule has 0 saturated carbocycles. The first-order chi connectivity index (χ1) is 6.20. The number of aromatic hydroxyl groups is 1. The molecule has 66 valence electrons. The number of nitrogens with two attached hydrogens (primary N) is 1. The maximum Gasteiger partial charge on any atom is 0.121 e. The third-order valence-electron chi connectivity index (χ3n) is 2.33. The van der Waals surface area contributed by atoms with Gasteiger partial charge >= 0.3 is 0 Å². The van der Waals surface area contributed by atoms with Gasteiger partial charge in [0.15, 0.2) is 0 Å². The Kier molecular flexibility index (Phi) is 1.62. The number of fused-ring (bicyclic) bond motifs is 1. The van der Waals surface area contributed by atoms with Gasteiger partial charge in [-0.1, -0.05) is 24.3 Å². The van der Waals surface area contributed by atoms with Crippen molar-refractivity contribution in [1.29, 1.82) is 0 Å². The molecule has 0 spiro atoms. The highest BCUT2D eigenvalue weighted by Gasteiger charge is 2.04. The zero-order valence-corrected chi connectivity index (χ0v) is 7.41. The van der Waals surface area contributed by atoms with Crippen molar-refractivity contribution in [3.8, 4) is 5.75 Å². The second-order valence-electron chi connectivity index (χ2n) is 3.16. The van der Waals surface area contributed by atoms with Crippen molar-refractivity contribution < 1.29 is 5.11 Å². The summed E-state index contributed by atoms with van der Waals surface area (Å²) in [5.41, 5.74) is 7.27. The van der Waals surface area contributed by atoms with E-state index in [0.717, 1.165) is 16.3 Å². The van der Waals surface area contributed by atoms with Crippen molar-refractivity contribution in [1.82, 2.24) is 0 Å². The van der Waals surface area contributed by atoms with Gasteiger partial charge in [0.05, 0.1) is 0 Å². The molecule has 0 saturated heterocycles. The Morgan fingerprint density at radius 2 is 1.92 bits per heavy atom. The second kappa shape index (κ2) is 2.66. The Hall–Kier alpha value is -1.70. The monoisotopic (exact) mass is 173 g/mol. The zero-order valence-electron chi connectivity index (χ0n) is 7.41. The van der Waals surface area contributed by atoms with E-state index in [2.05, 4.69) is 0 Å². The highest BCUT2D eigenvalue weighted by atomic mass is 16.3. The van der Waals surface area contributed by atoms with Gasteiger partial charge in [-0.3, -0.25) is 0 Å². The molecule has 2 heteroatoms. The maximum atomic E-state index is 9.52. The van der Waals surface area contributed by atoms with Gasteiger partial charge in [-0.2, -0.15) is 0 Å². The van der Waals surface area contributed by atoms with E-state index in [1.54, 1.807) is 6.07 Å². The molecule has 2 rings (SSSR count). The SMILES string of the molecule is Cc1c(O)cc2ccccc2c1N. The molecule has 2 aromatic carbocycles. The molecule has 0 aromatic heterocycles. The third-order valence-corrected chi connectivity index (χ3v) is 2.33. The number of hydrogen-bond donors (Lipinski definition) is 2. The fourth-order valence-corrected chi connectivity index (χ4v) is 1.46. The number of anilines is 1. The lowest BCUT2D eigenvalue weighted by molar-refractivity contribution is 0.472.